The lowest BCUT2D eigenvalue weighted by molar-refractivity contribution is -0.154. The molecule has 2 N–H and O–H groups in total. The van der Waals surface area contributed by atoms with E-state index in [9.17, 15) is 27.9 Å². The predicted octanol–water partition coefficient (Wildman–Crippen LogP) is 3.27. The Bertz CT molecular complexity index is 652. The SMILES string of the molecule is CCC(Cc1ccc(C(F)(F)F)cc1)C(=O)NCC1(C(=O)O)CCOCC1. The number of benzene rings is 1. The van der Waals surface area contributed by atoms with Gasteiger partial charge in [0.05, 0.1) is 11.0 Å². The third-order valence-corrected chi connectivity index (χ3v) is 5.13. The first-order valence-electron chi connectivity index (χ1n) is 8.93. The lowest BCUT2D eigenvalue weighted by Gasteiger charge is -2.33. The molecular weight excluding hydrogens is 363 g/mol. The van der Waals surface area contributed by atoms with Gasteiger partial charge in [0.25, 0.3) is 0 Å². The first kappa shape index (κ1) is 21.2. The maximum atomic E-state index is 12.6. The monoisotopic (exact) mass is 387 g/mol. The topological polar surface area (TPSA) is 75.6 Å². The van der Waals surface area contributed by atoms with Crippen LogP contribution in [-0.2, 0) is 26.9 Å². The number of carboxylic acid groups (broad SMARTS) is 1. The number of alkyl halides is 3. The fraction of sp³-hybridized carbons (Fsp3) is 0.579. The molecule has 150 valence electrons. The lowest BCUT2D eigenvalue weighted by atomic mass is 9.80. The molecule has 0 aromatic heterocycles. The third kappa shape index (κ3) is 5.45. The number of carbonyl (C=O) groups is 2. The van der Waals surface area contributed by atoms with Gasteiger partial charge in [0.1, 0.15) is 0 Å². The van der Waals surface area contributed by atoms with Crippen molar-refractivity contribution < 1.29 is 32.6 Å². The molecule has 0 aliphatic carbocycles. The zero-order valence-electron chi connectivity index (χ0n) is 15.1. The molecule has 1 heterocycles. The van der Waals surface area contributed by atoms with E-state index >= 15 is 0 Å². The average molecular weight is 387 g/mol. The molecule has 1 fully saturated rings. The summed E-state index contributed by atoms with van der Waals surface area (Å²) in [5, 5.41) is 12.3. The van der Waals surface area contributed by atoms with E-state index in [4.69, 9.17) is 4.74 Å². The predicted molar refractivity (Wildman–Crippen MR) is 92.1 cm³/mol. The molecule has 1 aromatic carbocycles. The van der Waals surface area contributed by atoms with E-state index in [1.165, 1.54) is 12.1 Å². The Morgan fingerprint density at radius 3 is 2.30 bits per heavy atom. The fourth-order valence-corrected chi connectivity index (χ4v) is 3.17. The minimum absolute atomic E-state index is 0.0219. The molecule has 8 heteroatoms. The smallest absolute Gasteiger partial charge is 0.416 e. The van der Waals surface area contributed by atoms with Crippen LogP contribution < -0.4 is 5.32 Å². The van der Waals surface area contributed by atoms with Gasteiger partial charge in [0, 0.05) is 25.7 Å². The summed E-state index contributed by atoms with van der Waals surface area (Å²) in [5.74, 6) is -1.68. The van der Waals surface area contributed by atoms with Gasteiger partial charge in [-0.25, -0.2) is 0 Å². The van der Waals surface area contributed by atoms with Crippen molar-refractivity contribution >= 4 is 11.9 Å². The quantitative estimate of drug-likeness (QED) is 0.753. The average Bonchev–Trinajstić information content (AvgIpc) is 2.64. The van der Waals surface area contributed by atoms with E-state index in [-0.39, 0.29) is 12.5 Å². The molecule has 1 aliphatic heterocycles. The van der Waals surface area contributed by atoms with Crippen LogP contribution in [-0.4, -0.2) is 36.7 Å². The van der Waals surface area contributed by atoms with Gasteiger partial charge in [-0.05, 0) is 43.4 Å². The fourth-order valence-electron chi connectivity index (χ4n) is 3.17. The summed E-state index contributed by atoms with van der Waals surface area (Å²) < 4.78 is 43.1. The first-order valence-corrected chi connectivity index (χ1v) is 8.93. The normalized spacial score (nSPS) is 17.9. The summed E-state index contributed by atoms with van der Waals surface area (Å²) in [6, 6.07) is 4.74. The summed E-state index contributed by atoms with van der Waals surface area (Å²) in [6.45, 7) is 2.51. The molecule has 1 aliphatic rings. The molecule has 1 amide bonds. The Balaban J connectivity index is 1.98. The van der Waals surface area contributed by atoms with Crippen molar-refractivity contribution in [3.05, 3.63) is 35.4 Å². The van der Waals surface area contributed by atoms with Gasteiger partial charge in [0.15, 0.2) is 0 Å². The van der Waals surface area contributed by atoms with E-state index in [1.807, 2.05) is 6.92 Å². The molecule has 1 unspecified atom stereocenters. The van der Waals surface area contributed by atoms with E-state index in [0.717, 1.165) is 12.1 Å². The maximum absolute atomic E-state index is 12.6. The number of nitrogens with one attached hydrogen (secondary N) is 1. The number of carboxylic acids is 1. The Kier molecular flexibility index (Phi) is 6.86. The highest BCUT2D eigenvalue weighted by Crippen LogP contribution is 2.31. The van der Waals surface area contributed by atoms with Crippen LogP contribution in [0.15, 0.2) is 24.3 Å². The van der Waals surface area contributed by atoms with Crippen LogP contribution in [0.3, 0.4) is 0 Å². The standard InChI is InChI=1S/C19H24F3NO4/c1-2-14(11-13-3-5-15(6-4-13)19(20,21)22)16(24)23-12-18(17(25)26)7-9-27-10-8-18/h3-6,14H,2,7-12H2,1H3,(H,23,24)(H,25,26). The summed E-state index contributed by atoms with van der Waals surface area (Å²) in [7, 11) is 0. The van der Waals surface area contributed by atoms with Crippen LogP contribution in [0.2, 0.25) is 0 Å². The summed E-state index contributed by atoms with van der Waals surface area (Å²) >= 11 is 0. The minimum Gasteiger partial charge on any atom is -0.481 e. The van der Waals surface area contributed by atoms with E-state index < -0.39 is 29.0 Å². The number of carbonyl (C=O) groups excluding carboxylic acids is 1. The van der Waals surface area contributed by atoms with Crippen LogP contribution >= 0.6 is 0 Å². The second-order valence-electron chi connectivity index (χ2n) is 6.92. The van der Waals surface area contributed by atoms with Gasteiger partial charge in [0.2, 0.25) is 5.91 Å². The number of aliphatic carboxylic acids is 1. The largest absolute Gasteiger partial charge is 0.481 e. The van der Waals surface area contributed by atoms with Gasteiger partial charge >= 0.3 is 12.1 Å². The molecule has 1 atom stereocenters. The van der Waals surface area contributed by atoms with Crippen LogP contribution in [0.25, 0.3) is 0 Å². The van der Waals surface area contributed by atoms with Crippen LogP contribution in [0.4, 0.5) is 13.2 Å². The van der Waals surface area contributed by atoms with Crippen molar-refractivity contribution in [1.29, 1.82) is 0 Å². The molecule has 0 spiro atoms. The van der Waals surface area contributed by atoms with Crippen LogP contribution in [0.5, 0.6) is 0 Å². The molecule has 0 radical (unpaired) electrons. The lowest BCUT2D eigenvalue weighted by Crippen LogP contribution is -2.47. The zero-order chi connectivity index (χ0) is 20.1. The third-order valence-electron chi connectivity index (χ3n) is 5.13. The van der Waals surface area contributed by atoms with Gasteiger partial charge in [-0.1, -0.05) is 19.1 Å². The van der Waals surface area contributed by atoms with Gasteiger partial charge in [-0.3, -0.25) is 9.59 Å². The second-order valence-corrected chi connectivity index (χ2v) is 6.92. The Labute approximate surface area is 155 Å². The van der Waals surface area contributed by atoms with Crippen molar-refractivity contribution in [2.75, 3.05) is 19.8 Å². The van der Waals surface area contributed by atoms with E-state index in [0.29, 0.717) is 44.5 Å². The maximum Gasteiger partial charge on any atom is 0.416 e. The number of hydrogen-bond donors (Lipinski definition) is 2. The number of amides is 1. The van der Waals surface area contributed by atoms with E-state index in [2.05, 4.69) is 5.32 Å². The van der Waals surface area contributed by atoms with Gasteiger partial charge < -0.3 is 15.2 Å². The molecule has 0 bridgehead atoms. The molecule has 1 saturated heterocycles. The van der Waals surface area contributed by atoms with Crippen molar-refractivity contribution in [3.63, 3.8) is 0 Å². The van der Waals surface area contributed by atoms with E-state index in [1.54, 1.807) is 0 Å². The molecule has 0 saturated carbocycles. The van der Waals surface area contributed by atoms with Gasteiger partial charge in [-0.15, -0.1) is 0 Å². The first-order chi connectivity index (χ1) is 12.7. The Morgan fingerprint density at radius 2 is 1.81 bits per heavy atom. The second kappa shape index (κ2) is 8.73. The number of halogens is 3. The Hall–Kier alpha value is -2.09. The highest BCUT2D eigenvalue weighted by molar-refractivity contribution is 5.81. The van der Waals surface area contributed by atoms with Gasteiger partial charge in [-0.2, -0.15) is 13.2 Å². The minimum atomic E-state index is -4.39. The number of rotatable bonds is 7. The molecule has 2 rings (SSSR count). The molecule has 5 nitrogen and oxygen atoms in total. The summed E-state index contributed by atoms with van der Waals surface area (Å²) in [4.78, 5) is 24.1. The highest BCUT2D eigenvalue weighted by atomic mass is 19.4. The summed E-state index contributed by atoms with van der Waals surface area (Å²) in [5.41, 5.74) is -1.13. The van der Waals surface area contributed by atoms with Crippen molar-refractivity contribution in [3.8, 4) is 0 Å². The number of ether oxygens (including phenoxy) is 1. The summed E-state index contributed by atoms with van der Waals surface area (Å²) in [6.07, 6.45) is -2.94. The highest BCUT2D eigenvalue weighted by Gasteiger charge is 2.40. The van der Waals surface area contributed by atoms with Crippen molar-refractivity contribution in [2.24, 2.45) is 11.3 Å². The Morgan fingerprint density at radius 1 is 1.22 bits per heavy atom. The van der Waals surface area contributed by atoms with Crippen molar-refractivity contribution in [2.45, 2.75) is 38.8 Å². The molecule has 1 aromatic rings. The molecule has 27 heavy (non-hydrogen) atoms. The zero-order valence-corrected chi connectivity index (χ0v) is 15.1. The van der Waals surface area contributed by atoms with Crippen LogP contribution in [0.1, 0.15) is 37.3 Å². The van der Waals surface area contributed by atoms with Crippen LogP contribution in [0, 0.1) is 11.3 Å². The van der Waals surface area contributed by atoms with Crippen molar-refractivity contribution in [1.82, 2.24) is 5.32 Å². The number of hydrogen-bond acceptors (Lipinski definition) is 3. The molecular formula is C19H24F3NO4.